The van der Waals surface area contributed by atoms with Gasteiger partial charge in [-0.2, -0.15) is 15.0 Å². The topological polar surface area (TPSA) is 178 Å². The average molecular weight is 328 g/mol. The predicted molar refractivity (Wildman–Crippen MR) is 82.1 cm³/mol. The molecule has 1 atom stereocenters. The molecule has 0 aromatic carbocycles. The third-order valence-corrected chi connectivity index (χ3v) is 2.20. The first-order valence-corrected chi connectivity index (χ1v) is 6.29. The van der Waals surface area contributed by atoms with Gasteiger partial charge in [-0.3, -0.25) is 0 Å². The van der Waals surface area contributed by atoms with Crippen molar-refractivity contribution in [2.45, 2.75) is 6.23 Å². The van der Waals surface area contributed by atoms with Gasteiger partial charge in [0.05, 0.1) is 20.8 Å². The molecule has 0 fully saturated rings. The maximum absolute atomic E-state index is 5.68. The predicted octanol–water partition coefficient (Wildman–Crippen LogP) is -1.79. The van der Waals surface area contributed by atoms with E-state index in [4.69, 9.17) is 36.2 Å². The van der Waals surface area contributed by atoms with Crippen molar-refractivity contribution in [1.82, 2.24) is 15.4 Å². The molecular formula is C11H20N8O4. The molecule has 0 aliphatic carbocycles. The van der Waals surface area contributed by atoms with Gasteiger partial charge in [0.15, 0.2) is 11.8 Å². The largest absolute Gasteiger partial charge is 0.481 e. The second kappa shape index (κ2) is 9.22. The van der Waals surface area contributed by atoms with E-state index in [1.165, 1.54) is 27.4 Å². The Morgan fingerprint density at radius 1 is 1.22 bits per heavy atom. The zero-order chi connectivity index (χ0) is 17.2. The number of hydrogen-bond acceptors (Lipinski definition) is 8. The summed E-state index contributed by atoms with van der Waals surface area (Å²) in [6.07, 6.45) is -0.798. The van der Waals surface area contributed by atoms with Crippen molar-refractivity contribution < 1.29 is 19.0 Å². The van der Waals surface area contributed by atoms with Gasteiger partial charge in [0, 0.05) is 13.2 Å². The zero-order valence-corrected chi connectivity index (χ0v) is 13.0. The summed E-state index contributed by atoms with van der Waals surface area (Å²) in [5, 5.41) is 0. The molecule has 0 amide bonds. The second-order valence-electron chi connectivity index (χ2n) is 3.94. The van der Waals surface area contributed by atoms with Crippen LogP contribution in [-0.2, 0) is 9.57 Å². The summed E-state index contributed by atoms with van der Waals surface area (Å²) in [5.41, 5.74) is 18.6. The van der Waals surface area contributed by atoms with Gasteiger partial charge in [-0.25, -0.2) is 15.3 Å². The molecule has 23 heavy (non-hydrogen) atoms. The molecule has 1 aromatic heterocycles. The van der Waals surface area contributed by atoms with Crippen molar-refractivity contribution in [3.05, 3.63) is 6.07 Å². The number of methoxy groups -OCH3 is 3. The molecule has 0 aliphatic heterocycles. The molecule has 128 valence electrons. The highest BCUT2D eigenvalue weighted by Crippen LogP contribution is 2.18. The molecule has 12 heteroatoms. The first-order valence-electron chi connectivity index (χ1n) is 6.29. The third-order valence-electron chi connectivity index (χ3n) is 2.20. The van der Waals surface area contributed by atoms with Crippen LogP contribution in [0.15, 0.2) is 16.1 Å². The first kappa shape index (κ1) is 18.2. The number of hydrogen-bond donors (Lipinski definition) is 4. The Kier molecular flexibility index (Phi) is 7.29. The Labute approximate surface area is 132 Å². The van der Waals surface area contributed by atoms with E-state index in [0.29, 0.717) is 0 Å². The molecule has 7 N–H and O–H groups in total. The Bertz CT molecular complexity index is 539. The van der Waals surface area contributed by atoms with E-state index in [9.17, 15) is 0 Å². The van der Waals surface area contributed by atoms with Crippen molar-refractivity contribution in [2.75, 3.05) is 27.9 Å². The van der Waals surface area contributed by atoms with E-state index in [1.807, 2.05) is 0 Å². The van der Waals surface area contributed by atoms with Crippen LogP contribution in [0.25, 0.3) is 0 Å². The summed E-state index contributed by atoms with van der Waals surface area (Å²) in [6.45, 7) is 0.104. The van der Waals surface area contributed by atoms with Crippen molar-refractivity contribution in [1.29, 1.82) is 0 Å². The molecule has 0 spiro atoms. The number of aromatic nitrogens is 2. The molecule has 1 unspecified atom stereocenters. The van der Waals surface area contributed by atoms with Gasteiger partial charge < -0.3 is 31.4 Å². The van der Waals surface area contributed by atoms with Crippen LogP contribution in [0.1, 0.15) is 0 Å². The van der Waals surface area contributed by atoms with Crippen molar-refractivity contribution in [2.24, 2.45) is 27.2 Å². The lowest BCUT2D eigenvalue weighted by Crippen LogP contribution is -2.37. The van der Waals surface area contributed by atoms with Crippen LogP contribution >= 0.6 is 0 Å². The van der Waals surface area contributed by atoms with Crippen molar-refractivity contribution >= 4 is 17.7 Å². The highest BCUT2D eigenvalue weighted by atomic mass is 16.7. The lowest BCUT2D eigenvalue weighted by Gasteiger charge is -2.13. The Hall–Kier alpha value is -2.86. The highest BCUT2D eigenvalue weighted by Gasteiger charge is 2.09. The van der Waals surface area contributed by atoms with E-state index in [1.54, 1.807) is 0 Å². The first-order chi connectivity index (χ1) is 11.0. The molecular weight excluding hydrogens is 308 g/mol. The monoisotopic (exact) mass is 328 g/mol. The number of aliphatic imine (C=N–C) groups is 2. The van der Waals surface area contributed by atoms with Gasteiger partial charge in [-0.05, 0) is 0 Å². The van der Waals surface area contributed by atoms with Gasteiger partial charge in [-0.1, -0.05) is 0 Å². The van der Waals surface area contributed by atoms with Crippen molar-refractivity contribution in [3.8, 4) is 11.9 Å². The lowest BCUT2D eigenvalue weighted by atomic mass is 10.5. The molecule has 0 bridgehead atoms. The molecule has 0 saturated carbocycles. The molecule has 12 nitrogen and oxygen atoms in total. The van der Waals surface area contributed by atoms with Gasteiger partial charge in [-0.15, -0.1) is 0 Å². The van der Waals surface area contributed by atoms with E-state index in [0.717, 1.165) is 0 Å². The van der Waals surface area contributed by atoms with E-state index in [-0.39, 0.29) is 36.2 Å². The normalized spacial score (nSPS) is 12.4. The summed E-state index contributed by atoms with van der Waals surface area (Å²) in [6, 6.07) is 1.54. The number of nitrogens with one attached hydrogen (secondary N) is 1. The molecule has 0 saturated heterocycles. The van der Waals surface area contributed by atoms with E-state index in [2.05, 4.69) is 25.4 Å². The highest BCUT2D eigenvalue weighted by molar-refractivity contribution is 5.79. The van der Waals surface area contributed by atoms with E-state index < -0.39 is 6.23 Å². The molecule has 1 heterocycles. The van der Waals surface area contributed by atoms with Crippen LogP contribution in [0.5, 0.6) is 11.9 Å². The molecule has 0 aliphatic rings. The minimum Gasteiger partial charge on any atom is -0.481 e. The zero-order valence-electron chi connectivity index (χ0n) is 13.0. The summed E-state index contributed by atoms with van der Waals surface area (Å²) in [4.78, 5) is 20.8. The van der Waals surface area contributed by atoms with Crippen LogP contribution in [0.3, 0.4) is 0 Å². The number of guanidine groups is 2. The van der Waals surface area contributed by atoms with Crippen LogP contribution in [-0.4, -0.2) is 56.1 Å². The Morgan fingerprint density at radius 3 is 2.52 bits per heavy atom. The van der Waals surface area contributed by atoms with E-state index >= 15 is 0 Å². The number of nitrogens with zero attached hydrogens (tertiary/aromatic N) is 4. The smallest absolute Gasteiger partial charge is 0.321 e. The number of ether oxygens (including phenoxy) is 3. The number of rotatable bonds is 8. The van der Waals surface area contributed by atoms with Crippen LogP contribution in [0.2, 0.25) is 0 Å². The third kappa shape index (κ3) is 6.62. The summed E-state index contributed by atoms with van der Waals surface area (Å²) in [5.74, 6) is 0.212. The number of hydroxylamine groups is 1. The maximum atomic E-state index is 5.68. The minimum atomic E-state index is -0.798. The summed E-state index contributed by atoms with van der Waals surface area (Å²) in [7, 11) is 4.33. The van der Waals surface area contributed by atoms with Crippen molar-refractivity contribution in [3.63, 3.8) is 0 Å². The summed E-state index contributed by atoms with van der Waals surface area (Å²) < 4.78 is 14.8. The quantitative estimate of drug-likeness (QED) is 0.242. The van der Waals surface area contributed by atoms with Crippen LogP contribution in [0, 0.1) is 0 Å². The standard InChI is InChI=1S/C11H20N8O4/c1-20-5-8(17-9(12)13)23-19-10(14)15-6-4-7(21-2)18-11(16-6)22-3/h4,8H,5H2,1-3H3,(H4,12,13,17)(H3,14,15,16,18,19). The SMILES string of the molecule is COCC(N=C(N)N)ONC(N)=Nc1cc(OC)nc(OC)n1. The van der Waals surface area contributed by atoms with Crippen LogP contribution in [0.4, 0.5) is 5.82 Å². The Balaban J connectivity index is 2.78. The van der Waals surface area contributed by atoms with Gasteiger partial charge in [0.1, 0.15) is 0 Å². The summed E-state index contributed by atoms with van der Waals surface area (Å²) >= 11 is 0. The average Bonchev–Trinajstić information content (AvgIpc) is 2.51. The fourth-order valence-electron chi connectivity index (χ4n) is 1.33. The molecule has 0 radical (unpaired) electrons. The second-order valence-corrected chi connectivity index (χ2v) is 3.94. The molecule has 1 aromatic rings. The van der Waals surface area contributed by atoms with Gasteiger partial charge >= 0.3 is 6.01 Å². The lowest BCUT2D eigenvalue weighted by molar-refractivity contribution is -0.0284. The van der Waals surface area contributed by atoms with Gasteiger partial charge in [0.25, 0.3) is 0 Å². The maximum Gasteiger partial charge on any atom is 0.321 e. The minimum absolute atomic E-state index is 0.0783. The number of nitrogens with two attached hydrogens (primary N) is 3. The van der Waals surface area contributed by atoms with Crippen LogP contribution < -0.4 is 32.2 Å². The fraction of sp³-hybridized carbons (Fsp3) is 0.455. The fourth-order valence-corrected chi connectivity index (χ4v) is 1.33. The van der Waals surface area contributed by atoms with Gasteiger partial charge in [0.2, 0.25) is 18.1 Å². The Morgan fingerprint density at radius 2 is 1.96 bits per heavy atom. The molecule has 1 rings (SSSR count).